The molecule has 1 atom stereocenters. The van der Waals surface area contributed by atoms with E-state index in [1.807, 2.05) is 0 Å². The second-order valence-corrected chi connectivity index (χ2v) is 6.86. The molecule has 1 fully saturated rings. The summed E-state index contributed by atoms with van der Waals surface area (Å²) in [5.74, 6) is -0.0702. The zero-order chi connectivity index (χ0) is 19.4. The maximum atomic E-state index is 13.0. The summed E-state index contributed by atoms with van der Waals surface area (Å²) in [5.41, 5.74) is 1.23. The van der Waals surface area contributed by atoms with Gasteiger partial charge in [-0.1, -0.05) is 24.3 Å². The molecule has 2 aromatic carbocycles. The Balaban J connectivity index is 1.58. The van der Waals surface area contributed by atoms with Crippen LogP contribution in [0, 0.1) is 11.7 Å². The number of ether oxygens (including phenoxy) is 1. The number of methoxy groups -OCH3 is 1. The van der Waals surface area contributed by atoms with E-state index < -0.39 is 6.10 Å². The van der Waals surface area contributed by atoms with Crippen LogP contribution in [-0.4, -0.2) is 41.2 Å². The van der Waals surface area contributed by atoms with E-state index in [0.29, 0.717) is 37.2 Å². The Hall–Kier alpha value is -2.60. The number of piperidine rings is 1. The first kappa shape index (κ1) is 19.2. The number of hydrogen-bond acceptors (Lipinski definition) is 4. The first-order valence-electron chi connectivity index (χ1n) is 9.05. The van der Waals surface area contributed by atoms with Gasteiger partial charge in [-0.25, -0.2) is 4.39 Å². The number of aliphatic hydroxyl groups is 1. The smallest absolute Gasteiger partial charge is 0.226 e. The quantitative estimate of drug-likeness (QED) is 0.845. The zero-order valence-corrected chi connectivity index (χ0v) is 15.3. The van der Waals surface area contributed by atoms with Crippen LogP contribution in [0.5, 0.6) is 11.5 Å². The molecular formula is C21H24FNO4. The van der Waals surface area contributed by atoms with Crippen molar-refractivity contribution in [3.63, 3.8) is 0 Å². The third-order valence-electron chi connectivity index (χ3n) is 5.18. The van der Waals surface area contributed by atoms with Crippen LogP contribution in [0.2, 0.25) is 0 Å². The molecule has 0 radical (unpaired) electrons. The molecule has 1 saturated heterocycles. The van der Waals surface area contributed by atoms with Gasteiger partial charge in [-0.3, -0.25) is 4.79 Å². The van der Waals surface area contributed by atoms with Gasteiger partial charge in [0.25, 0.3) is 0 Å². The average molecular weight is 373 g/mol. The molecule has 2 N–H and O–H groups in total. The molecule has 3 rings (SSSR count). The van der Waals surface area contributed by atoms with Crippen molar-refractivity contribution in [1.29, 1.82) is 0 Å². The van der Waals surface area contributed by atoms with E-state index in [0.717, 1.165) is 5.56 Å². The van der Waals surface area contributed by atoms with E-state index in [2.05, 4.69) is 0 Å². The lowest BCUT2D eigenvalue weighted by Crippen LogP contribution is -2.40. The van der Waals surface area contributed by atoms with E-state index in [1.165, 1.54) is 19.2 Å². The van der Waals surface area contributed by atoms with Crippen LogP contribution in [0.25, 0.3) is 0 Å². The van der Waals surface area contributed by atoms with Gasteiger partial charge >= 0.3 is 0 Å². The minimum absolute atomic E-state index is 0.00113. The Morgan fingerprint density at radius 2 is 1.89 bits per heavy atom. The van der Waals surface area contributed by atoms with Gasteiger partial charge in [0.15, 0.2) is 11.5 Å². The van der Waals surface area contributed by atoms with Crippen LogP contribution in [0.4, 0.5) is 4.39 Å². The highest BCUT2D eigenvalue weighted by Gasteiger charge is 2.30. The number of phenolic OH excluding ortho intramolecular Hbond substituents is 1. The maximum absolute atomic E-state index is 13.0. The molecule has 1 aliphatic rings. The van der Waals surface area contributed by atoms with Gasteiger partial charge in [0.05, 0.1) is 19.6 Å². The molecule has 6 heteroatoms. The van der Waals surface area contributed by atoms with E-state index in [9.17, 15) is 19.4 Å². The normalized spacial score (nSPS) is 16.2. The molecule has 0 saturated carbocycles. The van der Waals surface area contributed by atoms with Crippen LogP contribution < -0.4 is 4.74 Å². The van der Waals surface area contributed by atoms with Gasteiger partial charge in [-0.15, -0.1) is 0 Å². The fourth-order valence-electron chi connectivity index (χ4n) is 3.55. The fraction of sp³-hybridized carbons (Fsp3) is 0.381. The summed E-state index contributed by atoms with van der Waals surface area (Å²) in [6.45, 7) is 1.10. The highest BCUT2D eigenvalue weighted by Crippen LogP contribution is 2.39. The summed E-state index contributed by atoms with van der Waals surface area (Å²) in [6, 6.07) is 11.0. The molecule has 1 unspecified atom stereocenters. The number of aliphatic hydroxyl groups excluding tert-OH is 1. The van der Waals surface area contributed by atoms with Gasteiger partial charge in [0.1, 0.15) is 5.82 Å². The van der Waals surface area contributed by atoms with Crippen molar-refractivity contribution in [2.45, 2.75) is 25.4 Å². The Labute approximate surface area is 158 Å². The summed E-state index contributed by atoms with van der Waals surface area (Å²) in [7, 11) is 1.47. The lowest BCUT2D eigenvalue weighted by atomic mass is 9.87. The summed E-state index contributed by atoms with van der Waals surface area (Å²) in [5, 5.41) is 20.9. The molecule has 0 aliphatic carbocycles. The topological polar surface area (TPSA) is 70.0 Å². The van der Waals surface area contributed by atoms with Gasteiger partial charge in [-0.2, -0.15) is 0 Å². The average Bonchev–Trinajstić information content (AvgIpc) is 2.69. The van der Waals surface area contributed by atoms with Crippen molar-refractivity contribution in [3.8, 4) is 11.5 Å². The third kappa shape index (κ3) is 4.39. The van der Waals surface area contributed by atoms with E-state index in [-0.39, 0.29) is 29.8 Å². The van der Waals surface area contributed by atoms with Crippen LogP contribution in [-0.2, 0) is 11.2 Å². The number of phenols is 1. The number of rotatable bonds is 5. The molecule has 2 aromatic rings. The monoisotopic (exact) mass is 373 g/mol. The highest BCUT2D eigenvalue weighted by atomic mass is 19.1. The molecule has 1 aliphatic heterocycles. The third-order valence-corrected chi connectivity index (χ3v) is 5.18. The number of amides is 1. The second-order valence-electron chi connectivity index (χ2n) is 6.86. The number of likely N-dealkylation sites (tertiary alicyclic amines) is 1. The summed E-state index contributed by atoms with van der Waals surface area (Å²) in [4.78, 5) is 14.2. The van der Waals surface area contributed by atoms with Crippen molar-refractivity contribution in [2.75, 3.05) is 20.2 Å². The first-order chi connectivity index (χ1) is 13.0. The van der Waals surface area contributed by atoms with Crippen molar-refractivity contribution in [2.24, 2.45) is 5.92 Å². The number of aromatic hydroxyl groups is 1. The number of benzene rings is 2. The van der Waals surface area contributed by atoms with Crippen molar-refractivity contribution in [1.82, 2.24) is 4.90 Å². The largest absolute Gasteiger partial charge is 0.504 e. The number of carbonyl (C=O) groups is 1. The van der Waals surface area contributed by atoms with Crippen LogP contribution in [0.1, 0.15) is 30.1 Å². The van der Waals surface area contributed by atoms with Crippen LogP contribution >= 0.6 is 0 Å². The number of hydrogen-bond donors (Lipinski definition) is 2. The number of nitrogens with zero attached hydrogens (tertiary/aromatic N) is 1. The molecule has 144 valence electrons. The predicted molar refractivity (Wildman–Crippen MR) is 99.0 cm³/mol. The van der Waals surface area contributed by atoms with Gasteiger partial charge in [0, 0.05) is 18.7 Å². The summed E-state index contributed by atoms with van der Waals surface area (Å²) < 4.78 is 18.1. The predicted octanol–water partition coefficient (Wildman–Crippen LogP) is 3.05. The van der Waals surface area contributed by atoms with E-state index in [1.54, 1.807) is 35.2 Å². The Kier molecular flexibility index (Phi) is 5.96. The SMILES string of the molecule is COc1cccc(C(O)C2CCN(C(=O)Cc3ccc(F)cc3)CC2)c1O. The molecule has 1 amide bonds. The van der Waals surface area contributed by atoms with Crippen LogP contribution in [0.15, 0.2) is 42.5 Å². The van der Waals surface area contributed by atoms with Gasteiger partial charge in [-0.05, 0) is 42.5 Å². The molecule has 5 nitrogen and oxygen atoms in total. The van der Waals surface area contributed by atoms with Crippen molar-refractivity contribution >= 4 is 5.91 Å². The van der Waals surface area contributed by atoms with Gasteiger partial charge < -0.3 is 19.8 Å². The molecule has 0 bridgehead atoms. The van der Waals surface area contributed by atoms with E-state index >= 15 is 0 Å². The van der Waals surface area contributed by atoms with Crippen LogP contribution in [0.3, 0.4) is 0 Å². The Morgan fingerprint density at radius 1 is 1.22 bits per heavy atom. The lowest BCUT2D eigenvalue weighted by Gasteiger charge is -2.34. The molecule has 27 heavy (non-hydrogen) atoms. The van der Waals surface area contributed by atoms with E-state index in [4.69, 9.17) is 4.74 Å². The Bertz CT molecular complexity index is 785. The summed E-state index contributed by atoms with van der Waals surface area (Å²) >= 11 is 0. The zero-order valence-electron chi connectivity index (χ0n) is 15.3. The number of carbonyl (C=O) groups excluding carboxylic acids is 1. The Morgan fingerprint density at radius 3 is 2.52 bits per heavy atom. The molecular weight excluding hydrogens is 349 g/mol. The second kappa shape index (κ2) is 8.39. The minimum Gasteiger partial charge on any atom is -0.504 e. The van der Waals surface area contributed by atoms with Crippen molar-refractivity contribution in [3.05, 3.63) is 59.4 Å². The molecule has 0 aromatic heterocycles. The molecule has 1 heterocycles. The van der Waals surface area contributed by atoms with Gasteiger partial charge in [0.2, 0.25) is 5.91 Å². The standard InChI is InChI=1S/C21H24FNO4/c1-27-18-4-2-3-17(21(18)26)20(25)15-9-11-23(12-10-15)19(24)13-14-5-7-16(22)8-6-14/h2-8,15,20,25-26H,9-13H2,1H3. The number of halogens is 1. The fourth-order valence-corrected chi connectivity index (χ4v) is 3.55. The van der Waals surface area contributed by atoms with Crippen molar-refractivity contribution < 1.29 is 24.1 Å². The first-order valence-corrected chi connectivity index (χ1v) is 9.05. The lowest BCUT2D eigenvalue weighted by molar-refractivity contribution is -0.132. The molecule has 0 spiro atoms. The highest BCUT2D eigenvalue weighted by molar-refractivity contribution is 5.78. The maximum Gasteiger partial charge on any atom is 0.226 e. The minimum atomic E-state index is -0.811. The summed E-state index contributed by atoms with van der Waals surface area (Å²) in [6.07, 6.45) is 0.721. The number of para-hydroxylation sites is 1.